The van der Waals surface area contributed by atoms with E-state index in [9.17, 15) is 4.79 Å². The molecule has 3 N–H and O–H groups in total. The summed E-state index contributed by atoms with van der Waals surface area (Å²) in [5.74, 6) is 0.0697. The second kappa shape index (κ2) is 10.5. The maximum atomic E-state index is 11.7. The molecule has 0 atom stereocenters. The Morgan fingerprint density at radius 1 is 1.14 bits per heavy atom. The summed E-state index contributed by atoms with van der Waals surface area (Å²) >= 11 is 5.35. The van der Waals surface area contributed by atoms with Crippen LogP contribution in [-0.4, -0.2) is 24.8 Å². The van der Waals surface area contributed by atoms with E-state index in [1.165, 1.54) is 6.20 Å². The normalized spacial score (nSPS) is 10.4. The number of hydrogen-bond acceptors (Lipinski definition) is 6. The third-order valence-electron chi connectivity index (χ3n) is 3.51. The predicted octanol–water partition coefficient (Wildman–Crippen LogP) is 3.89. The molecule has 2 aromatic carbocycles. The first-order valence-corrected chi connectivity index (χ1v) is 8.83. The van der Waals surface area contributed by atoms with Crippen molar-refractivity contribution in [3.05, 3.63) is 60.3 Å². The van der Waals surface area contributed by atoms with Crippen LogP contribution in [0, 0.1) is 11.3 Å². The minimum atomic E-state index is -0.681. The minimum Gasteiger partial charge on any atom is -0.497 e. The van der Waals surface area contributed by atoms with Crippen molar-refractivity contribution in [1.82, 2.24) is 0 Å². The summed E-state index contributed by atoms with van der Waals surface area (Å²) in [5.41, 5.74) is 1.98. The van der Waals surface area contributed by atoms with Gasteiger partial charge in [0, 0.05) is 11.9 Å². The molecular formula is C20H20N4O3S. The van der Waals surface area contributed by atoms with Crippen LogP contribution in [-0.2, 0) is 9.53 Å². The molecule has 0 aliphatic heterocycles. The lowest BCUT2D eigenvalue weighted by Gasteiger charge is -2.14. The van der Waals surface area contributed by atoms with Gasteiger partial charge in [0.25, 0.3) is 0 Å². The van der Waals surface area contributed by atoms with Gasteiger partial charge in [0.1, 0.15) is 11.8 Å². The minimum absolute atomic E-state index is 0.129. The molecule has 28 heavy (non-hydrogen) atoms. The Labute approximate surface area is 169 Å². The average Bonchev–Trinajstić information content (AvgIpc) is 2.70. The third-order valence-corrected chi connectivity index (χ3v) is 3.72. The van der Waals surface area contributed by atoms with Gasteiger partial charge in [0.2, 0.25) is 0 Å². The summed E-state index contributed by atoms with van der Waals surface area (Å²) in [6.07, 6.45) is 1.30. The summed E-state index contributed by atoms with van der Waals surface area (Å²) in [7, 11) is 1.60. The molecule has 0 bridgehead atoms. The summed E-state index contributed by atoms with van der Waals surface area (Å²) in [4.78, 5) is 11.7. The molecule has 2 rings (SSSR count). The first kappa shape index (κ1) is 20.7. The van der Waals surface area contributed by atoms with Gasteiger partial charge in [-0.25, -0.2) is 4.79 Å². The number of nitrogens with zero attached hydrogens (tertiary/aromatic N) is 1. The predicted molar refractivity (Wildman–Crippen MR) is 113 cm³/mol. The standard InChI is InChI=1S/C20H20N4O3S/c1-3-27-19(25)14(12-21)13-22-17-6-4-5-7-18(17)24-20(28)23-15-8-10-16(26-2)11-9-15/h4-11,13,22H,3H2,1-2H3,(H2,23,24,28)/b14-13+. The van der Waals surface area contributed by atoms with Crippen LogP contribution in [0.1, 0.15) is 6.92 Å². The number of ether oxygens (including phenoxy) is 2. The lowest BCUT2D eigenvalue weighted by atomic mass is 10.2. The van der Waals surface area contributed by atoms with Crippen molar-refractivity contribution in [2.75, 3.05) is 29.7 Å². The van der Waals surface area contributed by atoms with Crippen LogP contribution < -0.4 is 20.7 Å². The number of esters is 1. The number of thiocarbonyl (C=S) groups is 1. The lowest BCUT2D eigenvalue weighted by Crippen LogP contribution is -2.19. The molecule has 0 saturated heterocycles. The molecule has 0 unspecified atom stereocenters. The van der Waals surface area contributed by atoms with Gasteiger partial charge in [-0.2, -0.15) is 5.26 Å². The lowest BCUT2D eigenvalue weighted by molar-refractivity contribution is -0.138. The van der Waals surface area contributed by atoms with Gasteiger partial charge >= 0.3 is 5.97 Å². The van der Waals surface area contributed by atoms with Crippen molar-refractivity contribution < 1.29 is 14.3 Å². The fourth-order valence-electron chi connectivity index (χ4n) is 2.17. The van der Waals surface area contributed by atoms with Gasteiger partial charge in [-0.1, -0.05) is 12.1 Å². The first-order valence-electron chi connectivity index (χ1n) is 8.42. The quantitative estimate of drug-likeness (QED) is 0.281. The third kappa shape index (κ3) is 6.00. The molecule has 2 aromatic rings. The number of carbonyl (C=O) groups is 1. The summed E-state index contributed by atoms with van der Waals surface area (Å²) in [6, 6.07) is 16.4. The number of para-hydroxylation sites is 2. The molecule has 7 nitrogen and oxygen atoms in total. The zero-order valence-corrected chi connectivity index (χ0v) is 16.3. The van der Waals surface area contributed by atoms with Gasteiger partial charge in [-0.15, -0.1) is 0 Å². The Hall–Kier alpha value is -3.57. The topological polar surface area (TPSA) is 95.4 Å². The van der Waals surface area contributed by atoms with Gasteiger partial charge in [-0.05, 0) is 55.5 Å². The maximum Gasteiger partial charge on any atom is 0.350 e. The number of benzene rings is 2. The molecule has 0 saturated carbocycles. The van der Waals surface area contributed by atoms with Gasteiger partial charge in [0.15, 0.2) is 10.7 Å². The average molecular weight is 396 g/mol. The highest BCUT2D eigenvalue weighted by Gasteiger charge is 2.10. The number of nitriles is 1. The summed E-state index contributed by atoms with van der Waals surface area (Å²) in [5, 5.41) is 18.6. The Kier molecular flexibility index (Phi) is 7.81. The molecule has 0 aliphatic carbocycles. The highest BCUT2D eigenvalue weighted by atomic mass is 32.1. The van der Waals surface area contributed by atoms with Crippen molar-refractivity contribution in [2.45, 2.75) is 6.92 Å². The molecule has 0 aliphatic rings. The van der Waals surface area contributed by atoms with Gasteiger partial charge < -0.3 is 25.4 Å². The van der Waals surface area contributed by atoms with E-state index in [-0.39, 0.29) is 12.2 Å². The Morgan fingerprint density at radius 3 is 2.43 bits per heavy atom. The Balaban J connectivity index is 2.07. The number of methoxy groups -OCH3 is 1. The molecule has 0 fully saturated rings. The second-order valence-corrected chi connectivity index (χ2v) is 5.80. The van der Waals surface area contributed by atoms with Crippen LogP contribution in [0.15, 0.2) is 60.3 Å². The number of rotatable bonds is 7. The molecule has 0 amide bonds. The number of anilines is 3. The molecule has 8 heteroatoms. The van der Waals surface area contributed by atoms with Crippen LogP contribution in [0.25, 0.3) is 0 Å². The Morgan fingerprint density at radius 2 is 1.82 bits per heavy atom. The molecule has 0 spiro atoms. The first-order chi connectivity index (χ1) is 13.6. The highest BCUT2D eigenvalue weighted by Crippen LogP contribution is 2.22. The molecule has 0 radical (unpaired) electrons. The van der Waals surface area contributed by atoms with E-state index in [0.29, 0.717) is 16.5 Å². The van der Waals surface area contributed by atoms with Crippen LogP contribution in [0.3, 0.4) is 0 Å². The van der Waals surface area contributed by atoms with E-state index in [4.69, 9.17) is 27.0 Å². The molecular weight excluding hydrogens is 376 g/mol. The van der Waals surface area contributed by atoms with E-state index in [1.807, 2.05) is 48.5 Å². The Bertz CT molecular complexity index is 904. The fourth-order valence-corrected chi connectivity index (χ4v) is 2.40. The van der Waals surface area contributed by atoms with E-state index in [2.05, 4.69) is 16.0 Å². The van der Waals surface area contributed by atoms with Crippen molar-refractivity contribution >= 4 is 40.4 Å². The zero-order chi connectivity index (χ0) is 20.4. The SMILES string of the molecule is CCOC(=O)/C(C#N)=C/Nc1ccccc1NC(=S)Nc1ccc(OC)cc1. The van der Waals surface area contributed by atoms with Crippen molar-refractivity contribution in [1.29, 1.82) is 5.26 Å². The van der Waals surface area contributed by atoms with E-state index in [1.54, 1.807) is 20.1 Å². The van der Waals surface area contributed by atoms with Crippen molar-refractivity contribution in [2.24, 2.45) is 0 Å². The molecule has 144 valence electrons. The van der Waals surface area contributed by atoms with Gasteiger partial charge in [0.05, 0.1) is 25.1 Å². The van der Waals surface area contributed by atoms with Crippen LogP contribution in [0.5, 0.6) is 5.75 Å². The monoisotopic (exact) mass is 396 g/mol. The maximum absolute atomic E-state index is 11.7. The van der Waals surface area contributed by atoms with Crippen LogP contribution in [0.4, 0.5) is 17.1 Å². The van der Waals surface area contributed by atoms with Crippen LogP contribution in [0.2, 0.25) is 0 Å². The highest BCUT2D eigenvalue weighted by molar-refractivity contribution is 7.80. The summed E-state index contributed by atoms with van der Waals surface area (Å²) in [6.45, 7) is 1.87. The number of hydrogen-bond donors (Lipinski definition) is 3. The van der Waals surface area contributed by atoms with E-state index >= 15 is 0 Å². The molecule has 0 heterocycles. The zero-order valence-electron chi connectivity index (χ0n) is 15.5. The van der Waals surface area contributed by atoms with Crippen molar-refractivity contribution in [3.8, 4) is 11.8 Å². The number of carbonyl (C=O) groups excluding carboxylic acids is 1. The van der Waals surface area contributed by atoms with E-state index < -0.39 is 5.97 Å². The van der Waals surface area contributed by atoms with Gasteiger partial charge in [-0.3, -0.25) is 0 Å². The number of nitrogens with one attached hydrogen (secondary N) is 3. The van der Waals surface area contributed by atoms with Crippen molar-refractivity contribution in [3.63, 3.8) is 0 Å². The van der Waals surface area contributed by atoms with Crippen LogP contribution >= 0.6 is 12.2 Å². The smallest absolute Gasteiger partial charge is 0.350 e. The second-order valence-electron chi connectivity index (χ2n) is 5.39. The molecule has 0 aromatic heterocycles. The largest absolute Gasteiger partial charge is 0.497 e. The van der Waals surface area contributed by atoms with E-state index in [0.717, 1.165) is 11.4 Å². The summed E-state index contributed by atoms with van der Waals surface area (Å²) < 4.78 is 9.96. The fraction of sp³-hybridized carbons (Fsp3) is 0.150.